The van der Waals surface area contributed by atoms with Crippen LogP contribution in [0.3, 0.4) is 0 Å². The van der Waals surface area contributed by atoms with E-state index in [9.17, 15) is 19.5 Å². The summed E-state index contributed by atoms with van der Waals surface area (Å²) in [6, 6.07) is 5.62. The van der Waals surface area contributed by atoms with Crippen molar-refractivity contribution in [2.45, 2.75) is 90.4 Å². The summed E-state index contributed by atoms with van der Waals surface area (Å²) in [7, 11) is 0. The highest BCUT2D eigenvalue weighted by atomic mass is 16.3. The first-order valence-electron chi connectivity index (χ1n) is 12.8. The predicted molar refractivity (Wildman–Crippen MR) is 139 cm³/mol. The number of terminal acetylenes is 1. The fraction of sp³-hybridized carbons (Fsp3) is 0.607. The summed E-state index contributed by atoms with van der Waals surface area (Å²) in [5, 5.41) is 24.9. The molecule has 0 aliphatic carbocycles. The summed E-state index contributed by atoms with van der Waals surface area (Å²) in [5.74, 6) is 1.63. The van der Waals surface area contributed by atoms with Crippen LogP contribution in [0.5, 0.6) is 0 Å². The summed E-state index contributed by atoms with van der Waals surface area (Å²) in [6.45, 7) is 6.10. The lowest BCUT2D eigenvalue weighted by atomic mass is 9.85. The van der Waals surface area contributed by atoms with Gasteiger partial charge in [0.2, 0.25) is 17.7 Å². The molecule has 3 amide bonds. The largest absolute Gasteiger partial charge is 0.396 e. The van der Waals surface area contributed by atoms with Crippen molar-refractivity contribution in [1.82, 2.24) is 15.5 Å². The maximum absolute atomic E-state index is 13.6. The molecule has 0 saturated carbocycles. The van der Waals surface area contributed by atoms with Crippen LogP contribution in [-0.2, 0) is 20.9 Å². The lowest BCUT2D eigenvalue weighted by Crippen LogP contribution is -2.57. The second-order valence-corrected chi connectivity index (χ2v) is 10.6. The number of aliphatic hydroxyl groups is 2. The van der Waals surface area contributed by atoms with Crippen LogP contribution in [0.25, 0.3) is 0 Å². The SMILES string of the molecule is C#Cc1ccc(CNC(=O)C2CC(O)CN2C(=O)[C@@H](NC(=O)CCCCCCCO)C(C)(C)C)cc1. The first-order valence-corrected chi connectivity index (χ1v) is 12.8. The molecule has 1 aromatic carbocycles. The summed E-state index contributed by atoms with van der Waals surface area (Å²) >= 11 is 0. The van der Waals surface area contributed by atoms with Crippen molar-refractivity contribution in [3.05, 3.63) is 35.4 Å². The average molecular weight is 500 g/mol. The zero-order valence-corrected chi connectivity index (χ0v) is 21.8. The zero-order valence-electron chi connectivity index (χ0n) is 21.8. The van der Waals surface area contributed by atoms with Gasteiger partial charge >= 0.3 is 0 Å². The Kier molecular flexibility index (Phi) is 11.4. The van der Waals surface area contributed by atoms with E-state index in [0.717, 1.165) is 36.8 Å². The Bertz CT molecular complexity index is 917. The van der Waals surface area contributed by atoms with E-state index in [0.29, 0.717) is 12.8 Å². The van der Waals surface area contributed by atoms with E-state index in [1.165, 1.54) is 4.90 Å². The van der Waals surface area contributed by atoms with Gasteiger partial charge in [0.05, 0.1) is 6.10 Å². The van der Waals surface area contributed by atoms with Crippen LogP contribution in [0.15, 0.2) is 24.3 Å². The standard InChI is InChI=1S/C28H41N3O5/c1-5-20-12-14-21(15-13-20)18-29-26(35)23-17-22(33)19-31(23)27(36)25(28(2,3)4)30-24(34)11-9-7-6-8-10-16-32/h1,12-15,22-23,25,32-33H,6-11,16-19H2,2-4H3,(H,29,35)(H,30,34)/t22?,23?,25-/m1/s1. The summed E-state index contributed by atoms with van der Waals surface area (Å²) in [6.07, 6.45) is 9.26. The smallest absolute Gasteiger partial charge is 0.246 e. The molecule has 1 heterocycles. The van der Waals surface area contributed by atoms with Gasteiger partial charge in [-0.15, -0.1) is 6.42 Å². The monoisotopic (exact) mass is 499 g/mol. The van der Waals surface area contributed by atoms with Crippen LogP contribution in [0.4, 0.5) is 0 Å². The van der Waals surface area contributed by atoms with E-state index in [-0.39, 0.29) is 43.8 Å². The molecule has 2 unspecified atom stereocenters. The number of benzene rings is 1. The number of aliphatic hydroxyl groups excluding tert-OH is 2. The Morgan fingerprint density at radius 2 is 1.75 bits per heavy atom. The number of hydrogen-bond donors (Lipinski definition) is 4. The van der Waals surface area contributed by atoms with Gasteiger partial charge in [-0.1, -0.05) is 58.1 Å². The number of nitrogens with one attached hydrogen (secondary N) is 2. The van der Waals surface area contributed by atoms with E-state index in [1.807, 2.05) is 32.9 Å². The molecule has 1 aliphatic rings. The van der Waals surface area contributed by atoms with Gasteiger partial charge in [0.15, 0.2) is 0 Å². The first kappa shape index (κ1) is 29.3. The van der Waals surface area contributed by atoms with E-state index >= 15 is 0 Å². The average Bonchev–Trinajstić information content (AvgIpc) is 3.24. The van der Waals surface area contributed by atoms with Crippen molar-refractivity contribution in [3.8, 4) is 12.3 Å². The van der Waals surface area contributed by atoms with Crippen molar-refractivity contribution in [1.29, 1.82) is 0 Å². The number of likely N-dealkylation sites (tertiary alicyclic amines) is 1. The Morgan fingerprint density at radius 3 is 2.36 bits per heavy atom. The van der Waals surface area contributed by atoms with Crippen molar-refractivity contribution in [2.75, 3.05) is 13.2 Å². The molecule has 1 aromatic rings. The third-order valence-electron chi connectivity index (χ3n) is 6.43. The number of amides is 3. The van der Waals surface area contributed by atoms with Gasteiger partial charge in [0.1, 0.15) is 12.1 Å². The molecule has 8 heteroatoms. The molecule has 3 atom stereocenters. The van der Waals surface area contributed by atoms with Gasteiger partial charge in [-0.3, -0.25) is 14.4 Å². The van der Waals surface area contributed by atoms with Crippen molar-refractivity contribution in [2.24, 2.45) is 5.41 Å². The molecule has 198 valence electrons. The van der Waals surface area contributed by atoms with Crippen molar-refractivity contribution in [3.63, 3.8) is 0 Å². The van der Waals surface area contributed by atoms with Gasteiger partial charge in [0.25, 0.3) is 0 Å². The van der Waals surface area contributed by atoms with Crippen molar-refractivity contribution < 1.29 is 24.6 Å². The molecule has 1 fully saturated rings. The highest BCUT2D eigenvalue weighted by Crippen LogP contribution is 2.26. The molecule has 36 heavy (non-hydrogen) atoms. The van der Waals surface area contributed by atoms with Crippen LogP contribution in [0.1, 0.15) is 76.8 Å². The fourth-order valence-electron chi connectivity index (χ4n) is 4.31. The fourth-order valence-corrected chi connectivity index (χ4v) is 4.31. The molecule has 0 spiro atoms. The lowest BCUT2D eigenvalue weighted by molar-refractivity contribution is -0.144. The van der Waals surface area contributed by atoms with E-state index < -0.39 is 23.6 Å². The molecule has 2 rings (SSSR count). The molecular weight excluding hydrogens is 458 g/mol. The van der Waals surface area contributed by atoms with Crippen LogP contribution in [-0.4, -0.2) is 64.2 Å². The number of carbonyl (C=O) groups excluding carboxylic acids is 3. The minimum Gasteiger partial charge on any atom is -0.396 e. The van der Waals surface area contributed by atoms with Gasteiger partial charge < -0.3 is 25.7 Å². The third-order valence-corrected chi connectivity index (χ3v) is 6.43. The van der Waals surface area contributed by atoms with Crippen LogP contribution < -0.4 is 10.6 Å². The van der Waals surface area contributed by atoms with Gasteiger partial charge in [0, 0.05) is 38.1 Å². The Morgan fingerprint density at radius 1 is 1.11 bits per heavy atom. The highest BCUT2D eigenvalue weighted by Gasteiger charge is 2.44. The number of nitrogens with zero attached hydrogens (tertiary/aromatic N) is 1. The number of hydrogen-bond acceptors (Lipinski definition) is 5. The first-order chi connectivity index (χ1) is 17.1. The molecule has 0 aromatic heterocycles. The topological polar surface area (TPSA) is 119 Å². The molecular formula is C28H41N3O5. The number of rotatable bonds is 12. The normalized spacial score (nSPS) is 18.4. The van der Waals surface area contributed by atoms with Gasteiger partial charge in [-0.2, -0.15) is 0 Å². The summed E-state index contributed by atoms with van der Waals surface area (Å²) < 4.78 is 0. The number of β-amino-alcohol motifs (C(OH)–C–C–N with tert-alkyl or cyclic N) is 1. The third kappa shape index (κ3) is 8.96. The van der Waals surface area contributed by atoms with Crippen LogP contribution in [0.2, 0.25) is 0 Å². The summed E-state index contributed by atoms with van der Waals surface area (Å²) in [4.78, 5) is 40.6. The minimum absolute atomic E-state index is 0.0428. The molecule has 8 nitrogen and oxygen atoms in total. The van der Waals surface area contributed by atoms with E-state index in [1.54, 1.807) is 12.1 Å². The predicted octanol–water partition coefficient (Wildman–Crippen LogP) is 2.11. The second kappa shape index (κ2) is 14.0. The minimum atomic E-state index is -0.823. The van der Waals surface area contributed by atoms with Gasteiger partial charge in [-0.05, 0) is 36.0 Å². The molecule has 0 radical (unpaired) electrons. The molecule has 1 saturated heterocycles. The van der Waals surface area contributed by atoms with E-state index in [4.69, 9.17) is 11.5 Å². The second-order valence-electron chi connectivity index (χ2n) is 10.6. The Hall–Kier alpha value is -2.89. The summed E-state index contributed by atoms with van der Waals surface area (Å²) in [5.41, 5.74) is 1.04. The van der Waals surface area contributed by atoms with Gasteiger partial charge in [-0.25, -0.2) is 0 Å². The molecule has 1 aliphatic heterocycles. The van der Waals surface area contributed by atoms with E-state index in [2.05, 4.69) is 16.6 Å². The Labute approximate surface area is 214 Å². The molecule has 4 N–H and O–H groups in total. The van der Waals surface area contributed by atoms with Crippen LogP contribution >= 0.6 is 0 Å². The highest BCUT2D eigenvalue weighted by molar-refractivity contribution is 5.93. The van der Waals surface area contributed by atoms with Crippen LogP contribution in [0, 0.1) is 17.8 Å². The quantitative estimate of drug-likeness (QED) is 0.259. The van der Waals surface area contributed by atoms with Crippen molar-refractivity contribution >= 4 is 17.7 Å². The number of unbranched alkanes of at least 4 members (excludes halogenated alkanes) is 4. The molecule has 0 bridgehead atoms. The zero-order chi connectivity index (χ0) is 26.7. The maximum Gasteiger partial charge on any atom is 0.246 e. The Balaban J connectivity index is 2.00. The number of carbonyl (C=O) groups is 3. The maximum atomic E-state index is 13.6. The lowest BCUT2D eigenvalue weighted by Gasteiger charge is -2.35.